The summed E-state index contributed by atoms with van der Waals surface area (Å²) in [6.45, 7) is 3.06. The molecule has 2 N–H and O–H groups in total. The number of hydrogen-bond donors (Lipinski definition) is 2. The van der Waals surface area contributed by atoms with Gasteiger partial charge in [-0.1, -0.05) is 53.5 Å². The predicted octanol–water partition coefficient (Wildman–Crippen LogP) is 5.55. The fraction of sp³-hybridized carbons (Fsp3) is 0.231. The molecule has 1 fully saturated rings. The minimum atomic E-state index is -0.566. The van der Waals surface area contributed by atoms with Gasteiger partial charge in [-0.2, -0.15) is 0 Å². The molecule has 1 aliphatic heterocycles. The van der Waals surface area contributed by atoms with Gasteiger partial charge in [-0.25, -0.2) is 9.18 Å². The summed E-state index contributed by atoms with van der Waals surface area (Å²) in [5.74, 6) is -0.647. The van der Waals surface area contributed by atoms with Gasteiger partial charge in [0.25, 0.3) is 0 Å². The summed E-state index contributed by atoms with van der Waals surface area (Å²) >= 11 is 12.1. The van der Waals surface area contributed by atoms with Gasteiger partial charge in [-0.3, -0.25) is 9.69 Å². The zero-order valence-electron chi connectivity index (χ0n) is 19.0. The van der Waals surface area contributed by atoms with Crippen molar-refractivity contribution in [3.8, 4) is 11.1 Å². The Labute approximate surface area is 213 Å². The van der Waals surface area contributed by atoms with E-state index in [2.05, 4.69) is 10.6 Å². The van der Waals surface area contributed by atoms with Crippen LogP contribution < -0.4 is 15.5 Å². The molecule has 0 bridgehead atoms. The molecule has 9 heteroatoms. The van der Waals surface area contributed by atoms with Crippen LogP contribution in [-0.2, 0) is 22.6 Å². The van der Waals surface area contributed by atoms with Crippen molar-refractivity contribution in [2.75, 3.05) is 18.0 Å². The molecule has 35 heavy (non-hydrogen) atoms. The Kier molecular flexibility index (Phi) is 7.90. The van der Waals surface area contributed by atoms with Crippen molar-refractivity contribution in [3.05, 3.63) is 87.7 Å². The van der Waals surface area contributed by atoms with Crippen molar-refractivity contribution in [2.45, 2.75) is 26.1 Å². The van der Waals surface area contributed by atoms with Crippen LogP contribution in [0.3, 0.4) is 0 Å². The van der Waals surface area contributed by atoms with Gasteiger partial charge in [-0.15, -0.1) is 0 Å². The summed E-state index contributed by atoms with van der Waals surface area (Å²) in [7, 11) is 0. The van der Waals surface area contributed by atoms with E-state index in [-0.39, 0.29) is 19.0 Å². The molecule has 0 saturated carbocycles. The molecule has 6 nitrogen and oxygen atoms in total. The quantitative estimate of drug-likeness (QED) is 0.412. The standard InChI is InChI=1S/C26H24Cl2FN3O3/c1-16(33)31-14-22-15-32(26(34)35-22)21-8-9-23(25(29)11-21)18-4-2-17(3-5-18)12-30-13-19-6-7-20(27)10-24(19)28/h2-11,22,30H,12-15H2,1H3,(H,31,33). The smallest absolute Gasteiger partial charge is 0.414 e. The Hall–Kier alpha value is -3.13. The monoisotopic (exact) mass is 515 g/mol. The lowest BCUT2D eigenvalue weighted by atomic mass is 10.0. The van der Waals surface area contributed by atoms with Crippen LogP contribution in [0.2, 0.25) is 10.0 Å². The highest BCUT2D eigenvalue weighted by molar-refractivity contribution is 6.35. The number of benzene rings is 3. The average molecular weight is 516 g/mol. The number of carbonyl (C=O) groups is 2. The highest BCUT2D eigenvalue weighted by Gasteiger charge is 2.32. The second kappa shape index (κ2) is 11.1. The van der Waals surface area contributed by atoms with Gasteiger partial charge in [0.05, 0.1) is 18.8 Å². The Bertz CT molecular complexity index is 1240. The number of nitrogens with zero attached hydrogens (tertiary/aromatic N) is 1. The zero-order chi connectivity index (χ0) is 24.9. The van der Waals surface area contributed by atoms with Crippen LogP contribution in [0.4, 0.5) is 14.9 Å². The van der Waals surface area contributed by atoms with Crippen LogP contribution >= 0.6 is 23.2 Å². The van der Waals surface area contributed by atoms with Crippen molar-refractivity contribution in [1.82, 2.24) is 10.6 Å². The fourth-order valence-corrected chi connectivity index (χ4v) is 4.29. The molecule has 0 spiro atoms. The summed E-state index contributed by atoms with van der Waals surface area (Å²) in [6, 6.07) is 17.6. The number of nitrogens with one attached hydrogen (secondary N) is 2. The second-order valence-electron chi connectivity index (χ2n) is 8.25. The van der Waals surface area contributed by atoms with E-state index in [1.807, 2.05) is 30.3 Å². The number of hydrogen-bond acceptors (Lipinski definition) is 4. The van der Waals surface area contributed by atoms with Crippen LogP contribution in [0, 0.1) is 5.82 Å². The van der Waals surface area contributed by atoms with Crippen molar-refractivity contribution < 1.29 is 18.7 Å². The molecule has 0 aromatic heterocycles. The highest BCUT2D eigenvalue weighted by atomic mass is 35.5. The Morgan fingerprint density at radius 3 is 2.54 bits per heavy atom. The second-order valence-corrected chi connectivity index (χ2v) is 9.10. The van der Waals surface area contributed by atoms with Gasteiger partial charge in [0.2, 0.25) is 5.91 Å². The lowest BCUT2D eigenvalue weighted by molar-refractivity contribution is -0.119. The molecule has 3 aromatic carbocycles. The van der Waals surface area contributed by atoms with Crippen LogP contribution in [0.25, 0.3) is 11.1 Å². The summed E-state index contributed by atoms with van der Waals surface area (Å²) < 4.78 is 20.2. The van der Waals surface area contributed by atoms with Gasteiger partial charge in [0.15, 0.2) is 0 Å². The molecule has 0 aliphatic carbocycles. The third-order valence-electron chi connectivity index (χ3n) is 5.64. The molecule has 1 aliphatic rings. The maximum Gasteiger partial charge on any atom is 0.414 e. The molecule has 1 heterocycles. The normalized spacial score (nSPS) is 15.3. The number of carbonyl (C=O) groups excluding carboxylic acids is 2. The summed E-state index contributed by atoms with van der Waals surface area (Å²) in [5, 5.41) is 7.17. The van der Waals surface area contributed by atoms with E-state index in [0.29, 0.717) is 34.4 Å². The van der Waals surface area contributed by atoms with Gasteiger partial charge in [0, 0.05) is 35.6 Å². The van der Waals surface area contributed by atoms with E-state index >= 15 is 0 Å². The Balaban J connectivity index is 1.37. The summed E-state index contributed by atoms with van der Waals surface area (Å²) in [5.41, 5.74) is 3.57. The molecule has 4 rings (SSSR count). The topological polar surface area (TPSA) is 70.7 Å². The van der Waals surface area contributed by atoms with Crippen molar-refractivity contribution in [1.29, 1.82) is 0 Å². The molecule has 182 valence electrons. The van der Waals surface area contributed by atoms with Crippen molar-refractivity contribution in [2.24, 2.45) is 0 Å². The maximum atomic E-state index is 15.0. The predicted molar refractivity (Wildman–Crippen MR) is 135 cm³/mol. The molecule has 1 unspecified atom stereocenters. The Morgan fingerprint density at radius 2 is 1.86 bits per heavy atom. The van der Waals surface area contributed by atoms with Gasteiger partial charge in [-0.05, 0) is 47.0 Å². The fourth-order valence-electron chi connectivity index (χ4n) is 3.81. The molecule has 0 radical (unpaired) electrons. The minimum absolute atomic E-state index is 0.206. The third kappa shape index (κ3) is 6.31. The van der Waals surface area contributed by atoms with Crippen molar-refractivity contribution in [3.63, 3.8) is 0 Å². The maximum absolute atomic E-state index is 15.0. The summed E-state index contributed by atoms with van der Waals surface area (Å²) in [6.07, 6.45) is -1.05. The highest BCUT2D eigenvalue weighted by Crippen LogP contribution is 2.29. The number of halogens is 3. The number of anilines is 1. The largest absolute Gasteiger partial charge is 0.442 e. The van der Waals surface area contributed by atoms with E-state index in [1.54, 1.807) is 24.3 Å². The Morgan fingerprint density at radius 1 is 1.09 bits per heavy atom. The first-order valence-electron chi connectivity index (χ1n) is 11.1. The number of amides is 2. The zero-order valence-corrected chi connectivity index (χ0v) is 20.5. The van der Waals surface area contributed by atoms with E-state index in [4.69, 9.17) is 27.9 Å². The van der Waals surface area contributed by atoms with Crippen LogP contribution in [0.5, 0.6) is 0 Å². The number of ether oxygens (including phenoxy) is 1. The van der Waals surface area contributed by atoms with Crippen LogP contribution in [0.15, 0.2) is 60.7 Å². The first-order valence-corrected chi connectivity index (χ1v) is 11.8. The molecule has 2 amide bonds. The first kappa shape index (κ1) is 25.0. The molecular weight excluding hydrogens is 492 g/mol. The number of cyclic esters (lactones) is 1. The van der Waals surface area contributed by atoms with E-state index in [1.165, 1.54) is 17.9 Å². The first-order chi connectivity index (χ1) is 16.8. The van der Waals surface area contributed by atoms with E-state index in [0.717, 1.165) is 16.7 Å². The lowest BCUT2D eigenvalue weighted by Crippen LogP contribution is -2.33. The summed E-state index contributed by atoms with van der Waals surface area (Å²) in [4.78, 5) is 24.6. The molecule has 1 atom stereocenters. The van der Waals surface area contributed by atoms with Crippen molar-refractivity contribution >= 4 is 40.9 Å². The van der Waals surface area contributed by atoms with Gasteiger partial charge in [0.1, 0.15) is 11.9 Å². The van der Waals surface area contributed by atoms with E-state index in [9.17, 15) is 14.0 Å². The van der Waals surface area contributed by atoms with Gasteiger partial charge >= 0.3 is 6.09 Å². The lowest BCUT2D eigenvalue weighted by Gasteiger charge is -2.15. The van der Waals surface area contributed by atoms with Gasteiger partial charge < -0.3 is 15.4 Å². The molecule has 3 aromatic rings. The third-order valence-corrected chi connectivity index (χ3v) is 6.23. The minimum Gasteiger partial charge on any atom is -0.442 e. The van der Waals surface area contributed by atoms with Crippen LogP contribution in [0.1, 0.15) is 18.1 Å². The molecular formula is C26H24Cl2FN3O3. The SMILES string of the molecule is CC(=O)NCC1CN(c2ccc(-c3ccc(CNCc4ccc(Cl)cc4Cl)cc3)c(F)c2)C(=O)O1. The molecule has 1 saturated heterocycles. The van der Waals surface area contributed by atoms with E-state index < -0.39 is 18.0 Å². The average Bonchev–Trinajstić information content (AvgIpc) is 3.20. The number of rotatable bonds is 8. The van der Waals surface area contributed by atoms with Crippen LogP contribution in [-0.4, -0.2) is 31.2 Å².